The van der Waals surface area contributed by atoms with Gasteiger partial charge in [-0.3, -0.25) is 9.78 Å². The molecule has 0 spiro atoms. The van der Waals surface area contributed by atoms with Crippen LogP contribution in [0.25, 0.3) is 0 Å². The topological polar surface area (TPSA) is 76.5 Å². The zero-order valence-electron chi connectivity index (χ0n) is 10.9. The Hall–Kier alpha value is -1.80. The maximum Gasteiger partial charge on any atom is 0.291 e. The van der Waals surface area contributed by atoms with E-state index in [1.165, 1.54) is 24.8 Å². The molecule has 0 saturated heterocycles. The van der Waals surface area contributed by atoms with Crippen molar-refractivity contribution >= 4 is 44.0 Å². The van der Waals surface area contributed by atoms with Crippen LogP contribution < -0.4 is 10.2 Å². The number of hydrogen-bond donors (Lipinski definition) is 1. The molecule has 0 unspecified atom stereocenters. The number of hydrogen-bond acceptors (Lipinski definition) is 5. The highest BCUT2D eigenvalue weighted by molar-refractivity contribution is 9.11. The van der Waals surface area contributed by atoms with Crippen LogP contribution in [0.15, 0.2) is 44.8 Å². The monoisotopic (exact) mass is 412 g/mol. The van der Waals surface area contributed by atoms with Crippen molar-refractivity contribution in [3.63, 3.8) is 0 Å². The third-order valence-corrected chi connectivity index (χ3v) is 3.45. The largest absolute Gasteiger partial charge is 0.495 e. The third kappa shape index (κ3) is 4.08. The molecule has 0 aliphatic heterocycles. The number of carbonyl (C=O) groups excluding carboxylic acids is 1. The van der Waals surface area contributed by atoms with E-state index in [4.69, 9.17) is 4.74 Å². The smallest absolute Gasteiger partial charge is 0.291 e. The summed E-state index contributed by atoms with van der Waals surface area (Å²) >= 11 is 6.77. The summed E-state index contributed by atoms with van der Waals surface area (Å²) in [4.78, 5) is 19.4. The number of nitrogens with one attached hydrogen (secondary N) is 1. The van der Waals surface area contributed by atoms with Crippen LogP contribution >= 0.6 is 31.9 Å². The van der Waals surface area contributed by atoms with Crippen molar-refractivity contribution in [3.05, 3.63) is 50.9 Å². The molecule has 0 atom stereocenters. The quantitative estimate of drug-likeness (QED) is 0.617. The predicted octanol–water partition coefficient (Wildman–Crippen LogP) is 2.77. The van der Waals surface area contributed by atoms with E-state index >= 15 is 0 Å². The molecule has 1 heterocycles. The van der Waals surface area contributed by atoms with E-state index in [1.54, 1.807) is 7.11 Å². The molecule has 8 heteroatoms. The minimum absolute atomic E-state index is 0.192. The highest BCUT2D eigenvalue weighted by Crippen LogP contribution is 2.31. The molecular weight excluding hydrogens is 404 g/mol. The van der Waals surface area contributed by atoms with Gasteiger partial charge in [0.15, 0.2) is 0 Å². The number of benzene rings is 1. The minimum Gasteiger partial charge on any atom is -0.495 e. The van der Waals surface area contributed by atoms with Crippen LogP contribution in [0.3, 0.4) is 0 Å². The van der Waals surface area contributed by atoms with E-state index in [2.05, 4.69) is 52.4 Å². The molecule has 0 saturated carbocycles. The van der Waals surface area contributed by atoms with Crippen LogP contribution in [0.5, 0.6) is 5.75 Å². The van der Waals surface area contributed by atoms with Crippen molar-refractivity contribution in [2.45, 2.75) is 0 Å². The van der Waals surface area contributed by atoms with Gasteiger partial charge < -0.3 is 4.74 Å². The first kappa shape index (κ1) is 15.6. The lowest BCUT2D eigenvalue weighted by atomic mass is 10.2. The van der Waals surface area contributed by atoms with Gasteiger partial charge in [0.05, 0.1) is 24.0 Å². The van der Waals surface area contributed by atoms with Crippen LogP contribution in [-0.4, -0.2) is 29.2 Å². The average molecular weight is 414 g/mol. The van der Waals surface area contributed by atoms with E-state index in [-0.39, 0.29) is 5.69 Å². The molecule has 2 rings (SSSR count). The molecule has 1 aromatic carbocycles. The highest BCUT2D eigenvalue weighted by Gasteiger charge is 2.08. The Morgan fingerprint density at radius 2 is 2.19 bits per heavy atom. The number of amides is 1. The van der Waals surface area contributed by atoms with Crippen molar-refractivity contribution in [1.29, 1.82) is 0 Å². The summed E-state index contributed by atoms with van der Waals surface area (Å²) in [6.07, 6.45) is 5.78. The summed E-state index contributed by atoms with van der Waals surface area (Å²) in [7, 11) is 1.56. The van der Waals surface area contributed by atoms with E-state index in [0.717, 1.165) is 8.95 Å². The summed E-state index contributed by atoms with van der Waals surface area (Å²) < 4.78 is 6.92. The van der Waals surface area contributed by atoms with Crippen LogP contribution in [0, 0.1) is 0 Å². The van der Waals surface area contributed by atoms with Crippen molar-refractivity contribution in [2.75, 3.05) is 7.11 Å². The van der Waals surface area contributed by atoms with Gasteiger partial charge in [0.2, 0.25) is 0 Å². The highest BCUT2D eigenvalue weighted by atomic mass is 79.9. The van der Waals surface area contributed by atoms with E-state index < -0.39 is 5.91 Å². The molecule has 1 aromatic heterocycles. The Kier molecular flexibility index (Phi) is 5.40. The molecule has 0 radical (unpaired) electrons. The Labute approximate surface area is 137 Å². The average Bonchev–Trinajstić information content (AvgIpc) is 2.47. The number of ether oxygens (including phenoxy) is 1. The SMILES string of the molecule is COc1c(Br)cc(Br)cc1C=NNC(=O)c1cnccn1. The van der Waals surface area contributed by atoms with Crippen molar-refractivity contribution in [1.82, 2.24) is 15.4 Å². The first-order valence-corrected chi connectivity index (χ1v) is 7.33. The first-order chi connectivity index (χ1) is 10.1. The van der Waals surface area contributed by atoms with Crippen LogP contribution in [0.1, 0.15) is 16.1 Å². The van der Waals surface area contributed by atoms with Crippen LogP contribution in [0.4, 0.5) is 0 Å². The van der Waals surface area contributed by atoms with Crippen molar-refractivity contribution < 1.29 is 9.53 Å². The maximum absolute atomic E-state index is 11.7. The van der Waals surface area contributed by atoms with E-state index in [9.17, 15) is 4.79 Å². The van der Waals surface area contributed by atoms with Gasteiger partial charge in [0.25, 0.3) is 5.91 Å². The van der Waals surface area contributed by atoms with Gasteiger partial charge in [-0.25, -0.2) is 10.4 Å². The van der Waals surface area contributed by atoms with Crippen LogP contribution in [-0.2, 0) is 0 Å². The summed E-state index contributed by atoms with van der Waals surface area (Å²) in [6, 6.07) is 3.68. The lowest BCUT2D eigenvalue weighted by molar-refractivity contribution is 0.0949. The molecule has 0 aliphatic carbocycles. The predicted molar refractivity (Wildman–Crippen MR) is 85.5 cm³/mol. The Morgan fingerprint density at radius 1 is 1.38 bits per heavy atom. The van der Waals surface area contributed by atoms with Crippen molar-refractivity contribution in [2.24, 2.45) is 5.10 Å². The summed E-state index contributed by atoms with van der Waals surface area (Å²) in [5.74, 6) is 0.183. The van der Waals surface area contributed by atoms with E-state index in [1.807, 2.05) is 12.1 Å². The lowest BCUT2D eigenvalue weighted by Crippen LogP contribution is -2.19. The number of aromatic nitrogens is 2. The first-order valence-electron chi connectivity index (χ1n) is 5.74. The second kappa shape index (κ2) is 7.28. The summed E-state index contributed by atoms with van der Waals surface area (Å²) in [5, 5.41) is 3.89. The van der Waals surface area contributed by atoms with Gasteiger partial charge in [-0.15, -0.1) is 0 Å². The standard InChI is InChI=1S/C13H10Br2N4O2/c1-21-12-8(4-9(14)5-10(12)15)6-18-19-13(20)11-7-16-2-3-17-11/h2-7H,1H3,(H,19,20). The van der Waals surface area contributed by atoms with Crippen molar-refractivity contribution in [3.8, 4) is 5.75 Å². The van der Waals surface area contributed by atoms with Gasteiger partial charge in [-0.2, -0.15) is 5.10 Å². The Balaban J connectivity index is 2.13. The normalized spacial score (nSPS) is 10.6. The summed E-state index contributed by atoms with van der Waals surface area (Å²) in [6.45, 7) is 0. The molecule has 0 bridgehead atoms. The maximum atomic E-state index is 11.7. The van der Waals surface area contributed by atoms with Gasteiger partial charge in [0.1, 0.15) is 11.4 Å². The molecular formula is C13H10Br2N4O2. The number of methoxy groups -OCH3 is 1. The molecule has 1 amide bonds. The molecule has 6 nitrogen and oxygen atoms in total. The number of hydrazone groups is 1. The zero-order valence-corrected chi connectivity index (χ0v) is 14.1. The second-order valence-electron chi connectivity index (χ2n) is 3.80. The summed E-state index contributed by atoms with van der Waals surface area (Å²) in [5.41, 5.74) is 3.28. The second-order valence-corrected chi connectivity index (χ2v) is 5.57. The fourth-order valence-corrected chi connectivity index (χ4v) is 2.95. The number of rotatable bonds is 4. The molecule has 0 aliphatic rings. The molecule has 1 N–H and O–H groups in total. The number of carbonyl (C=O) groups is 1. The van der Waals surface area contributed by atoms with Crippen LogP contribution in [0.2, 0.25) is 0 Å². The van der Waals surface area contributed by atoms with Gasteiger partial charge >= 0.3 is 0 Å². The van der Waals surface area contributed by atoms with E-state index in [0.29, 0.717) is 11.3 Å². The minimum atomic E-state index is -0.438. The molecule has 2 aromatic rings. The zero-order chi connectivity index (χ0) is 15.2. The van der Waals surface area contributed by atoms with Gasteiger partial charge in [0, 0.05) is 22.4 Å². The third-order valence-electron chi connectivity index (χ3n) is 2.41. The number of nitrogens with zero attached hydrogens (tertiary/aromatic N) is 3. The van der Waals surface area contributed by atoms with Gasteiger partial charge in [-0.1, -0.05) is 15.9 Å². The lowest BCUT2D eigenvalue weighted by Gasteiger charge is -2.07. The Morgan fingerprint density at radius 3 is 2.86 bits per heavy atom. The Bertz CT molecular complexity index is 677. The molecule has 21 heavy (non-hydrogen) atoms. The molecule has 0 fully saturated rings. The van der Waals surface area contributed by atoms with Gasteiger partial charge in [-0.05, 0) is 28.1 Å². The molecule has 108 valence electrons. The fourth-order valence-electron chi connectivity index (χ4n) is 1.53. The number of halogens is 2. The fraction of sp³-hybridized carbons (Fsp3) is 0.0769.